The maximum Gasteiger partial charge on any atom is 0.264 e. The van der Waals surface area contributed by atoms with Crippen LogP contribution >= 0.6 is 15.9 Å². The minimum atomic E-state index is -4.18. The lowest BCUT2D eigenvalue weighted by atomic mass is 10.1. The number of hydrogen-bond donors (Lipinski definition) is 1. The molecule has 8 nitrogen and oxygen atoms in total. The molecule has 1 aliphatic rings. The molecule has 1 N–H and O–H groups in total. The molecule has 0 radical (unpaired) electrons. The lowest BCUT2D eigenvalue weighted by Crippen LogP contribution is -2.53. The monoisotopic (exact) mass is 655 g/mol. The van der Waals surface area contributed by atoms with Gasteiger partial charge >= 0.3 is 0 Å². The summed E-state index contributed by atoms with van der Waals surface area (Å²) in [5.41, 5.74) is 2.33. The fourth-order valence-corrected chi connectivity index (χ4v) is 7.27. The molecule has 1 atom stereocenters. The predicted molar refractivity (Wildman–Crippen MR) is 168 cm³/mol. The van der Waals surface area contributed by atoms with E-state index in [-0.39, 0.29) is 23.4 Å². The van der Waals surface area contributed by atoms with Crippen LogP contribution in [0.25, 0.3) is 0 Å². The summed E-state index contributed by atoms with van der Waals surface area (Å²) in [6.45, 7) is 3.41. The second kappa shape index (κ2) is 14.2. The van der Waals surface area contributed by atoms with Crippen LogP contribution in [0.15, 0.2) is 82.2 Å². The van der Waals surface area contributed by atoms with E-state index < -0.39 is 28.5 Å². The normalized spacial score (nSPS) is 14.3. The first-order valence-corrected chi connectivity index (χ1v) is 16.4. The number of hydrogen-bond acceptors (Lipinski definition) is 5. The molecule has 4 rings (SSSR count). The van der Waals surface area contributed by atoms with Gasteiger partial charge in [0.2, 0.25) is 11.8 Å². The van der Waals surface area contributed by atoms with Crippen molar-refractivity contribution in [1.82, 2.24) is 10.2 Å². The number of sulfonamides is 1. The fraction of sp³-hybridized carbons (Fsp3) is 0.375. The number of anilines is 1. The molecule has 3 aromatic rings. The molecule has 3 aromatic carbocycles. The second-order valence-corrected chi connectivity index (χ2v) is 13.3. The Balaban J connectivity index is 1.66. The minimum Gasteiger partial charge on any atom is -0.496 e. The van der Waals surface area contributed by atoms with Crippen LogP contribution in [0.4, 0.5) is 5.69 Å². The molecule has 1 unspecified atom stereocenters. The Morgan fingerprint density at radius 3 is 2.31 bits per heavy atom. The van der Waals surface area contributed by atoms with Gasteiger partial charge in [-0.1, -0.05) is 60.9 Å². The quantitative estimate of drug-likeness (QED) is 0.279. The minimum absolute atomic E-state index is 0.00594. The number of methoxy groups -OCH3 is 1. The molecule has 1 fully saturated rings. The summed E-state index contributed by atoms with van der Waals surface area (Å²) in [7, 11) is -2.68. The Morgan fingerprint density at radius 2 is 1.69 bits per heavy atom. The summed E-state index contributed by atoms with van der Waals surface area (Å²) in [5, 5.41) is 3.09. The van der Waals surface area contributed by atoms with Crippen molar-refractivity contribution in [3.8, 4) is 5.75 Å². The van der Waals surface area contributed by atoms with Gasteiger partial charge in [0.15, 0.2) is 0 Å². The van der Waals surface area contributed by atoms with E-state index in [1.54, 1.807) is 37.3 Å². The van der Waals surface area contributed by atoms with Crippen LogP contribution in [0.1, 0.15) is 43.7 Å². The number of benzene rings is 3. The van der Waals surface area contributed by atoms with Crippen LogP contribution in [0.3, 0.4) is 0 Å². The molecular formula is C32H38BrN3O5S. The molecule has 1 aliphatic carbocycles. The van der Waals surface area contributed by atoms with Gasteiger partial charge in [-0.3, -0.25) is 13.9 Å². The highest BCUT2D eigenvalue weighted by Gasteiger charge is 2.33. The summed E-state index contributed by atoms with van der Waals surface area (Å²) >= 11 is 3.37. The van der Waals surface area contributed by atoms with Crippen LogP contribution in [0.5, 0.6) is 5.75 Å². The molecule has 0 bridgehead atoms. The van der Waals surface area contributed by atoms with Crippen molar-refractivity contribution in [1.29, 1.82) is 0 Å². The molecule has 0 aromatic heterocycles. The van der Waals surface area contributed by atoms with Crippen LogP contribution in [-0.2, 0) is 26.0 Å². The Labute approximate surface area is 257 Å². The number of aryl methyl sites for hydroxylation is 1. The molecule has 2 amide bonds. The summed E-state index contributed by atoms with van der Waals surface area (Å²) in [6, 6.07) is 20.5. The molecule has 1 saturated carbocycles. The first-order chi connectivity index (χ1) is 20.1. The molecule has 0 heterocycles. The van der Waals surface area contributed by atoms with E-state index in [1.165, 1.54) is 24.1 Å². The number of carbonyl (C=O) groups is 2. The highest BCUT2D eigenvalue weighted by Crippen LogP contribution is 2.31. The highest BCUT2D eigenvalue weighted by atomic mass is 79.9. The summed E-state index contributed by atoms with van der Waals surface area (Å²) < 4.78 is 35.0. The van der Waals surface area contributed by atoms with Crippen molar-refractivity contribution in [3.05, 3.63) is 88.4 Å². The maximum absolute atomic E-state index is 14.1. The van der Waals surface area contributed by atoms with E-state index in [2.05, 4.69) is 21.2 Å². The number of amides is 2. The first-order valence-electron chi connectivity index (χ1n) is 14.2. The van der Waals surface area contributed by atoms with Gasteiger partial charge in [0, 0.05) is 12.6 Å². The molecule has 0 aliphatic heterocycles. The van der Waals surface area contributed by atoms with E-state index >= 15 is 0 Å². The SMILES string of the molecule is COc1ccc(S(=O)(=O)N(CC(=O)N(CCc2ccccc2)C(C)C(=O)NC2CCCC2)c2ccc(C)cc2)cc1Br. The third kappa shape index (κ3) is 7.72. The summed E-state index contributed by atoms with van der Waals surface area (Å²) in [6.07, 6.45) is 4.51. The van der Waals surface area contributed by atoms with E-state index in [1.807, 2.05) is 37.3 Å². The zero-order valence-corrected chi connectivity index (χ0v) is 26.7. The van der Waals surface area contributed by atoms with E-state index in [4.69, 9.17) is 4.74 Å². The molecular weight excluding hydrogens is 618 g/mol. The highest BCUT2D eigenvalue weighted by molar-refractivity contribution is 9.10. The van der Waals surface area contributed by atoms with Crippen LogP contribution < -0.4 is 14.4 Å². The molecule has 10 heteroatoms. The number of nitrogens with one attached hydrogen (secondary N) is 1. The standard InChI is InChI=1S/C32H38BrN3O5S/c1-23-13-15-27(16-14-23)36(42(39,40)28-17-18-30(41-3)29(33)21-28)22-31(37)35(20-19-25-9-5-4-6-10-25)24(2)32(38)34-26-11-7-8-12-26/h4-6,9-10,13-18,21,24,26H,7-8,11-12,19-20,22H2,1-3H3,(H,34,38). The summed E-state index contributed by atoms with van der Waals surface area (Å²) in [4.78, 5) is 28.9. The average Bonchev–Trinajstić information content (AvgIpc) is 3.50. The molecule has 0 spiro atoms. The number of ether oxygens (including phenoxy) is 1. The number of halogens is 1. The van der Waals surface area contributed by atoms with Crippen LogP contribution in [0.2, 0.25) is 0 Å². The van der Waals surface area contributed by atoms with E-state index in [0.717, 1.165) is 41.1 Å². The van der Waals surface area contributed by atoms with Crippen molar-refractivity contribution >= 4 is 43.5 Å². The lowest BCUT2D eigenvalue weighted by molar-refractivity contribution is -0.139. The molecule has 224 valence electrons. The van der Waals surface area contributed by atoms with Crippen LogP contribution in [-0.4, -0.2) is 57.4 Å². The van der Waals surface area contributed by atoms with E-state index in [0.29, 0.717) is 22.3 Å². The zero-order chi connectivity index (χ0) is 30.3. The second-order valence-electron chi connectivity index (χ2n) is 10.6. The first kappa shape index (κ1) is 31.6. The van der Waals surface area contributed by atoms with Crippen molar-refractivity contribution in [3.63, 3.8) is 0 Å². The van der Waals surface area contributed by atoms with Crippen molar-refractivity contribution in [2.75, 3.05) is 24.5 Å². The number of rotatable bonds is 12. The van der Waals surface area contributed by atoms with Gasteiger partial charge < -0.3 is 15.0 Å². The van der Waals surface area contributed by atoms with Crippen LogP contribution in [0, 0.1) is 6.92 Å². The average molecular weight is 657 g/mol. The third-order valence-corrected chi connectivity index (χ3v) is 10.1. The Bertz CT molecular complexity index is 1480. The Hall–Kier alpha value is -3.37. The van der Waals surface area contributed by atoms with Gasteiger partial charge in [0.25, 0.3) is 10.0 Å². The summed E-state index contributed by atoms with van der Waals surface area (Å²) in [5.74, 6) is -0.204. The largest absolute Gasteiger partial charge is 0.496 e. The number of nitrogens with zero attached hydrogens (tertiary/aromatic N) is 2. The van der Waals surface area contributed by atoms with Gasteiger partial charge in [-0.15, -0.1) is 0 Å². The predicted octanol–water partition coefficient (Wildman–Crippen LogP) is 5.48. The van der Waals surface area contributed by atoms with E-state index in [9.17, 15) is 18.0 Å². The molecule has 42 heavy (non-hydrogen) atoms. The van der Waals surface area contributed by atoms with Crippen molar-refractivity contribution in [2.45, 2.75) is 62.9 Å². The van der Waals surface area contributed by atoms with Crippen molar-refractivity contribution < 1.29 is 22.7 Å². The fourth-order valence-electron chi connectivity index (χ4n) is 5.14. The van der Waals surface area contributed by atoms with Gasteiger partial charge in [-0.05, 0) is 84.9 Å². The van der Waals surface area contributed by atoms with Gasteiger partial charge in [-0.25, -0.2) is 8.42 Å². The Morgan fingerprint density at radius 1 is 1.02 bits per heavy atom. The van der Waals surface area contributed by atoms with Crippen molar-refractivity contribution in [2.24, 2.45) is 0 Å². The van der Waals surface area contributed by atoms with Gasteiger partial charge in [0.05, 0.1) is 22.2 Å². The number of carbonyl (C=O) groups excluding carboxylic acids is 2. The van der Waals surface area contributed by atoms with Gasteiger partial charge in [-0.2, -0.15) is 0 Å². The maximum atomic E-state index is 14.1. The lowest BCUT2D eigenvalue weighted by Gasteiger charge is -2.32. The molecule has 0 saturated heterocycles. The Kier molecular flexibility index (Phi) is 10.7. The third-order valence-electron chi connectivity index (χ3n) is 7.67. The van der Waals surface area contributed by atoms with Gasteiger partial charge in [0.1, 0.15) is 18.3 Å². The zero-order valence-electron chi connectivity index (χ0n) is 24.3. The topological polar surface area (TPSA) is 96.0 Å². The smallest absolute Gasteiger partial charge is 0.264 e.